The average Bonchev–Trinajstić information content (AvgIpc) is 2.49. The molecular formula is C11H8F16O. The Balaban J connectivity index is 6.91. The molecule has 0 aliphatic heterocycles. The predicted octanol–water partition coefficient (Wildman–Crippen LogP) is 5.74. The van der Waals surface area contributed by atoms with Gasteiger partial charge >= 0.3 is 47.9 Å². The molecule has 0 spiro atoms. The largest absolute Gasteiger partial charge is 0.435 e. The van der Waals surface area contributed by atoms with Crippen molar-refractivity contribution in [1.29, 1.82) is 0 Å². The maximum Gasteiger partial charge on any atom is 0.435 e. The van der Waals surface area contributed by atoms with Crippen LogP contribution in [0.5, 0.6) is 0 Å². The van der Waals surface area contributed by atoms with Crippen LogP contribution in [-0.2, 0) is 4.74 Å². The zero-order valence-electron chi connectivity index (χ0n) is 12.9. The van der Waals surface area contributed by atoms with Crippen molar-refractivity contribution in [3.63, 3.8) is 0 Å². The predicted molar refractivity (Wildman–Crippen MR) is 57.1 cm³/mol. The van der Waals surface area contributed by atoms with E-state index in [0.717, 1.165) is 0 Å². The molecule has 1 atom stereocenters. The van der Waals surface area contributed by atoms with Crippen LogP contribution in [0.4, 0.5) is 70.2 Å². The lowest BCUT2D eigenvalue weighted by Gasteiger charge is -2.45. The highest BCUT2D eigenvalue weighted by atomic mass is 19.4. The third-order valence-corrected chi connectivity index (χ3v) is 3.42. The zero-order chi connectivity index (χ0) is 23.2. The zero-order valence-corrected chi connectivity index (χ0v) is 12.9. The van der Waals surface area contributed by atoms with Gasteiger partial charge in [0.25, 0.3) is 0 Å². The van der Waals surface area contributed by atoms with E-state index in [1.165, 1.54) is 0 Å². The quantitative estimate of drug-likeness (QED) is 0.400. The van der Waals surface area contributed by atoms with Gasteiger partial charge in [-0.3, -0.25) is 0 Å². The van der Waals surface area contributed by atoms with Crippen LogP contribution in [-0.4, -0.2) is 61.6 Å². The van der Waals surface area contributed by atoms with Crippen molar-refractivity contribution in [2.24, 2.45) is 0 Å². The van der Waals surface area contributed by atoms with E-state index in [9.17, 15) is 70.2 Å². The summed E-state index contributed by atoms with van der Waals surface area (Å²) >= 11 is 0. The van der Waals surface area contributed by atoms with Gasteiger partial charge in [0, 0.05) is 13.5 Å². The fraction of sp³-hybridized carbons (Fsp3) is 1.00. The first-order valence-corrected chi connectivity index (χ1v) is 6.42. The Hall–Kier alpha value is -1.16. The molecule has 0 aliphatic carbocycles. The van der Waals surface area contributed by atoms with E-state index in [4.69, 9.17) is 0 Å². The van der Waals surface area contributed by atoms with Crippen molar-refractivity contribution in [3.8, 4) is 0 Å². The van der Waals surface area contributed by atoms with Crippen molar-refractivity contribution in [2.75, 3.05) is 13.7 Å². The highest BCUT2D eigenvalue weighted by Crippen LogP contribution is 2.65. The van der Waals surface area contributed by atoms with E-state index < -0.39 is 60.9 Å². The van der Waals surface area contributed by atoms with Crippen LogP contribution in [0.2, 0.25) is 0 Å². The number of ether oxygens (including phenoxy) is 1. The minimum Gasteiger partial charge on any atom is -0.384 e. The molecule has 170 valence electrons. The van der Waals surface area contributed by atoms with Gasteiger partial charge in [-0.2, -0.15) is 57.1 Å². The molecule has 0 aromatic rings. The summed E-state index contributed by atoms with van der Waals surface area (Å²) in [4.78, 5) is 0. The number of hydrogen-bond acceptors (Lipinski definition) is 1. The molecule has 0 aliphatic rings. The van der Waals surface area contributed by atoms with Crippen molar-refractivity contribution < 1.29 is 75.0 Å². The molecule has 17 heteroatoms. The minimum absolute atomic E-state index is 0.479. The molecule has 0 radical (unpaired) electrons. The van der Waals surface area contributed by atoms with Gasteiger partial charge in [0.1, 0.15) is 0 Å². The van der Waals surface area contributed by atoms with Gasteiger partial charge in [-0.25, -0.2) is 13.2 Å². The molecule has 0 heterocycles. The average molecular weight is 460 g/mol. The van der Waals surface area contributed by atoms with Crippen molar-refractivity contribution >= 4 is 0 Å². The standard InChI is InChI=1S/C11H8F16O/c1-28-3-2-5(14,15)8(19,20)7(18,11(25,26)27)10(23,24)9(21,22)6(16,17)4(12)13/h4H,2-3H2,1H3. The van der Waals surface area contributed by atoms with Crippen LogP contribution in [0.1, 0.15) is 6.42 Å². The lowest BCUT2D eigenvalue weighted by molar-refractivity contribution is -0.452. The summed E-state index contributed by atoms with van der Waals surface area (Å²) in [5, 5.41) is 0. The Morgan fingerprint density at radius 1 is 0.643 bits per heavy atom. The molecular weight excluding hydrogens is 452 g/mol. The van der Waals surface area contributed by atoms with E-state index in [2.05, 4.69) is 4.74 Å². The van der Waals surface area contributed by atoms with Gasteiger partial charge in [0.05, 0.1) is 6.61 Å². The van der Waals surface area contributed by atoms with Crippen LogP contribution < -0.4 is 0 Å². The maximum absolute atomic E-state index is 13.9. The summed E-state index contributed by atoms with van der Waals surface area (Å²) in [5.41, 5.74) is -8.40. The van der Waals surface area contributed by atoms with Gasteiger partial charge in [-0.05, 0) is 0 Å². The Morgan fingerprint density at radius 3 is 1.32 bits per heavy atom. The molecule has 0 fully saturated rings. The summed E-state index contributed by atoms with van der Waals surface area (Å²) in [6, 6.07) is 0. The fourth-order valence-corrected chi connectivity index (χ4v) is 1.76. The van der Waals surface area contributed by atoms with E-state index in [1.54, 1.807) is 0 Å². The summed E-state index contributed by atoms with van der Waals surface area (Å²) in [6.45, 7) is -1.65. The van der Waals surface area contributed by atoms with Gasteiger partial charge in [0.15, 0.2) is 0 Å². The molecule has 0 rings (SSSR count). The Labute approximate surface area is 144 Å². The number of hydrogen-bond donors (Lipinski definition) is 0. The fourth-order valence-electron chi connectivity index (χ4n) is 1.76. The molecule has 0 aromatic heterocycles. The van der Waals surface area contributed by atoms with E-state index in [0.29, 0.717) is 7.11 Å². The first kappa shape index (κ1) is 26.8. The van der Waals surface area contributed by atoms with Crippen molar-refractivity contribution in [3.05, 3.63) is 0 Å². The Morgan fingerprint density at radius 2 is 1.04 bits per heavy atom. The smallest absolute Gasteiger partial charge is 0.384 e. The lowest BCUT2D eigenvalue weighted by Crippen LogP contribution is -2.77. The summed E-state index contributed by atoms with van der Waals surface area (Å²) in [6.07, 6.45) is -16.6. The minimum atomic E-state index is -8.49. The topological polar surface area (TPSA) is 9.23 Å². The molecule has 0 aromatic carbocycles. The van der Waals surface area contributed by atoms with Crippen LogP contribution in [0, 0.1) is 0 Å². The van der Waals surface area contributed by atoms with E-state index >= 15 is 0 Å². The van der Waals surface area contributed by atoms with Gasteiger partial charge in [-0.1, -0.05) is 0 Å². The van der Waals surface area contributed by atoms with E-state index in [1.807, 2.05) is 0 Å². The number of halogens is 16. The summed E-state index contributed by atoms with van der Waals surface area (Å²) in [7, 11) is 0.479. The highest BCUT2D eigenvalue weighted by Gasteiger charge is 2.96. The monoisotopic (exact) mass is 460 g/mol. The summed E-state index contributed by atoms with van der Waals surface area (Å²) < 4.78 is 211. The third-order valence-electron chi connectivity index (χ3n) is 3.42. The second-order valence-corrected chi connectivity index (χ2v) is 5.25. The molecule has 0 N–H and O–H groups in total. The van der Waals surface area contributed by atoms with Crippen LogP contribution in [0.15, 0.2) is 0 Å². The molecule has 28 heavy (non-hydrogen) atoms. The molecule has 0 saturated carbocycles. The maximum atomic E-state index is 13.9. The first-order chi connectivity index (χ1) is 12.0. The van der Waals surface area contributed by atoms with Crippen LogP contribution in [0.3, 0.4) is 0 Å². The molecule has 1 nitrogen and oxygen atoms in total. The normalized spacial score (nSPS) is 17.8. The first-order valence-electron chi connectivity index (χ1n) is 6.42. The second-order valence-electron chi connectivity index (χ2n) is 5.25. The highest BCUT2D eigenvalue weighted by molar-refractivity contribution is 5.19. The number of alkyl halides is 16. The number of methoxy groups -OCH3 is 1. The van der Waals surface area contributed by atoms with Crippen LogP contribution >= 0.6 is 0 Å². The Kier molecular flexibility index (Phi) is 6.97. The number of rotatable bonds is 9. The van der Waals surface area contributed by atoms with Gasteiger partial charge < -0.3 is 4.74 Å². The molecule has 1 unspecified atom stereocenters. The Bertz CT molecular complexity index is 537. The van der Waals surface area contributed by atoms with Crippen molar-refractivity contribution in [1.82, 2.24) is 0 Å². The van der Waals surface area contributed by atoms with Gasteiger partial charge in [-0.15, -0.1) is 0 Å². The second kappa shape index (κ2) is 7.27. The molecule has 0 saturated heterocycles. The van der Waals surface area contributed by atoms with Crippen molar-refractivity contribution in [2.45, 2.75) is 54.3 Å². The van der Waals surface area contributed by atoms with Gasteiger partial charge in [0.2, 0.25) is 0 Å². The lowest BCUT2D eigenvalue weighted by atomic mass is 9.80. The van der Waals surface area contributed by atoms with Crippen LogP contribution in [0.25, 0.3) is 0 Å². The molecule has 0 bridgehead atoms. The molecule has 0 amide bonds. The third kappa shape index (κ3) is 3.46. The summed E-state index contributed by atoms with van der Waals surface area (Å²) in [5.74, 6) is -38.5. The SMILES string of the molecule is COCCC(F)(F)C(F)(F)C(F)(C(F)(F)F)C(F)(F)C(F)(F)C(F)(F)C(F)F. The van der Waals surface area contributed by atoms with E-state index in [-0.39, 0.29) is 0 Å².